The summed E-state index contributed by atoms with van der Waals surface area (Å²) < 4.78 is 15.5. The zero-order valence-corrected chi connectivity index (χ0v) is 27.0. The van der Waals surface area contributed by atoms with E-state index in [4.69, 9.17) is 5.10 Å². The molecule has 0 bridgehead atoms. The SMILES string of the molecule is CC(=O)N1CCc2c(c(-c3ccc(CF)cc3)nn2CC(CN2CCN(c3ccccc3C)CC2)NCCN2CCNCC2)C1. The zero-order valence-electron chi connectivity index (χ0n) is 27.0. The van der Waals surface area contributed by atoms with Crippen LogP contribution in [0.25, 0.3) is 11.3 Å². The molecule has 6 rings (SSSR count). The third-order valence-electron chi connectivity index (χ3n) is 9.73. The van der Waals surface area contributed by atoms with Gasteiger partial charge in [-0.05, 0) is 24.1 Å². The van der Waals surface area contributed by atoms with E-state index in [2.05, 4.69) is 61.2 Å². The summed E-state index contributed by atoms with van der Waals surface area (Å²) in [6, 6.07) is 16.5. The number of nitrogens with zero attached hydrogens (tertiary/aromatic N) is 6. The highest BCUT2D eigenvalue weighted by atomic mass is 19.1. The van der Waals surface area contributed by atoms with Crippen molar-refractivity contribution in [1.82, 2.24) is 35.1 Å². The normalized spacial score (nSPS) is 18.6. The van der Waals surface area contributed by atoms with Crippen LogP contribution in [0.5, 0.6) is 0 Å². The summed E-state index contributed by atoms with van der Waals surface area (Å²) in [7, 11) is 0. The van der Waals surface area contributed by atoms with Gasteiger partial charge in [-0.2, -0.15) is 5.10 Å². The van der Waals surface area contributed by atoms with Crippen molar-refractivity contribution in [3.8, 4) is 11.3 Å². The van der Waals surface area contributed by atoms with Crippen LogP contribution >= 0.6 is 0 Å². The molecule has 1 unspecified atom stereocenters. The van der Waals surface area contributed by atoms with Gasteiger partial charge in [-0.25, -0.2) is 4.39 Å². The average molecular weight is 617 g/mol. The van der Waals surface area contributed by atoms with Gasteiger partial charge in [0.25, 0.3) is 0 Å². The molecule has 242 valence electrons. The maximum atomic E-state index is 13.3. The second kappa shape index (κ2) is 14.9. The number of fused-ring (bicyclic) bond motifs is 1. The Morgan fingerprint density at radius 3 is 2.42 bits per heavy atom. The Morgan fingerprint density at radius 2 is 1.71 bits per heavy atom. The number of hydrogen-bond acceptors (Lipinski definition) is 7. The topological polar surface area (TPSA) is 71.9 Å². The Hall–Kier alpha value is -3.31. The fraction of sp³-hybridized carbons (Fsp3) is 0.543. The van der Waals surface area contributed by atoms with Crippen molar-refractivity contribution < 1.29 is 9.18 Å². The van der Waals surface area contributed by atoms with Gasteiger partial charge in [-0.3, -0.25) is 19.3 Å². The first-order valence-corrected chi connectivity index (χ1v) is 16.7. The van der Waals surface area contributed by atoms with Gasteiger partial charge < -0.3 is 20.4 Å². The number of halogens is 1. The number of hydrogen-bond donors (Lipinski definition) is 2. The Balaban J connectivity index is 1.20. The van der Waals surface area contributed by atoms with E-state index in [0.717, 1.165) is 102 Å². The van der Waals surface area contributed by atoms with Crippen LogP contribution in [-0.2, 0) is 31.0 Å². The fourth-order valence-corrected chi connectivity index (χ4v) is 7.05. The first kappa shape index (κ1) is 31.7. The summed E-state index contributed by atoms with van der Waals surface area (Å²) >= 11 is 0. The summed E-state index contributed by atoms with van der Waals surface area (Å²) in [5.41, 5.74) is 7.56. The maximum Gasteiger partial charge on any atom is 0.219 e. The zero-order chi connectivity index (χ0) is 31.2. The molecule has 9 nitrogen and oxygen atoms in total. The number of rotatable bonds is 11. The molecule has 3 aromatic rings. The van der Waals surface area contributed by atoms with E-state index in [0.29, 0.717) is 18.7 Å². The van der Waals surface area contributed by atoms with E-state index in [9.17, 15) is 9.18 Å². The molecular formula is C35H49FN8O. The number of piperazine rings is 2. The highest BCUT2D eigenvalue weighted by Crippen LogP contribution is 2.31. The van der Waals surface area contributed by atoms with Crippen molar-refractivity contribution in [3.05, 3.63) is 70.9 Å². The van der Waals surface area contributed by atoms with Crippen LogP contribution < -0.4 is 15.5 Å². The van der Waals surface area contributed by atoms with Gasteiger partial charge in [0.1, 0.15) is 6.67 Å². The molecule has 0 spiro atoms. The first-order valence-electron chi connectivity index (χ1n) is 16.7. The number of aryl methyl sites for hydroxylation is 1. The number of para-hydroxylation sites is 1. The molecule has 0 saturated carbocycles. The highest BCUT2D eigenvalue weighted by molar-refractivity contribution is 5.74. The summed E-state index contributed by atoms with van der Waals surface area (Å²) in [5, 5.41) is 12.6. The fourth-order valence-electron chi connectivity index (χ4n) is 7.05. The van der Waals surface area contributed by atoms with Gasteiger partial charge in [0.05, 0.1) is 12.2 Å². The lowest BCUT2D eigenvalue weighted by Gasteiger charge is -2.38. The van der Waals surface area contributed by atoms with Crippen LogP contribution in [0.2, 0.25) is 0 Å². The van der Waals surface area contributed by atoms with E-state index < -0.39 is 6.67 Å². The number of alkyl halides is 1. The molecule has 10 heteroatoms. The molecule has 4 heterocycles. The largest absolute Gasteiger partial charge is 0.369 e. The summed E-state index contributed by atoms with van der Waals surface area (Å²) in [6.07, 6.45) is 0.785. The molecule has 3 aliphatic heterocycles. The third kappa shape index (κ3) is 7.74. The third-order valence-corrected chi connectivity index (χ3v) is 9.73. The quantitative estimate of drug-likeness (QED) is 0.344. The number of carbonyl (C=O) groups is 1. The van der Waals surface area contributed by atoms with E-state index in [1.165, 1.54) is 16.9 Å². The minimum Gasteiger partial charge on any atom is -0.369 e. The van der Waals surface area contributed by atoms with Gasteiger partial charge in [0, 0.05) is 127 Å². The van der Waals surface area contributed by atoms with E-state index in [1.807, 2.05) is 29.2 Å². The minimum atomic E-state index is -0.481. The van der Waals surface area contributed by atoms with Gasteiger partial charge in [0.2, 0.25) is 5.91 Å². The van der Waals surface area contributed by atoms with Gasteiger partial charge in [-0.1, -0.05) is 42.5 Å². The summed E-state index contributed by atoms with van der Waals surface area (Å²) in [6.45, 7) is 16.7. The molecule has 45 heavy (non-hydrogen) atoms. The predicted octanol–water partition coefficient (Wildman–Crippen LogP) is 2.92. The monoisotopic (exact) mass is 616 g/mol. The Labute approximate surface area is 267 Å². The van der Waals surface area contributed by atoms with Crippen molar-refractivity contribution in [3.63, 3.8) is 0 Å². The van der Waals surface area contributed by atoms with Crippen molar-refractivity contribution in [2.45, 2.75) is 46.1 Å². The number of nitrogens with one attached hydrogen (secondary N) is 2. The molecule has 3 aliphatic rings. The Bertz CT molecular complexity index is 1410. The lowest BCUT2D eigenvalue weighted by Crippen LogP contribution is -2.53. The van der Waals surface area contributed by atoms with Gasteiger partial charge >= 0.3 is 0 Å². The molecule has 2 saturated heterocycles. The highest BCUT2D eigenvalue weighted by Gasteiger charge is 2.29. The Kier molecular flexibility index (Phi) is 10.5. The molecule has 2 aromatic carbocycles. The Morgan fingerprint density at radius 1 is 0.956 bits per heavy atom. The van der Waals surface area contributed by atoms with E-state index in [1.54, 1.807) is 6.92 Å². The maximum absolute atomic E-state index is 13.3. The number of aromatic nitrogens is 2. The lowest BCUT2D eigenvalue weighted by atomic mass is 10.00. The van der Waals surface area contributed by atoms with Crippen LogP contribution in [0, 0.1) is 6.92 Å². The number of carbonyl (C=O) groups excluding carboxylic acids is 1. The standard InChI is InChI=1S/C35H49FN8O/c1-27-5-3-4-6-33(27)42-21-19-41(20-22-42)24-31(38-14-18-40-16-12-37-13-17-40)25-44-34-11-15-43(28(2)45)26-32(34)35(39-44)30-9-7-29(23-36)8-10-30/h3-10,31,37-38H,11-26H2,1-2H3. The molecule has 1 atom stereocenters. The first-order chi connectivity index (χ1) is 22.0. The predicted molar refractivity (Wildman–Crippen MR) is 178 cm³/mol. The minimum absolute atomic E-state index is 0.0874. The van der Waals surface area contributed by atoms with E-state index >= 15 is 0 Å². The molecule has 1 amide bonds. The van der Waals surface area contributed by atoms with Crippen LogP contribution in [0.3, 0.4) is 0 Å². The van der Waals surface area contributed by atoms with Crippen LogP contribution in [0.4, 0.5) is 10.1 Å². The van der Waals surface area contributed by atoms with Crippen molar-refractivity contribution in [1.29, 1.82) is 0 Å². The van der Waals surface area contributed by atoms with E-state index in [-0.39, 0.29) is 11.9 Å². The van der Waals surface area contributed by atoms with Crippen LogP contribution in [0.15, 0.2) is 48.5 Å². The number of benzene rings is 2. The van der Waals surface area contributed by atoms with Gasteiger partial charge in [-0.15, -0.1) is 0 Å². The van der Waals surface area contributed by atoms with Gasteiger partial charge in [0.15, 0.2) is 0 Å². The van der Waals surface area contributed by atoms with Crippen molar-refractivity contribution in [2.24, 2.45) is 0 Å². The summed E-state index contributed by atoms with van der Waals surface area (Å²) in [4.78, 5) is 21.9. The average Bonchev–Trinajstić information content (AvgIpc) is 3.43. The smallest absolute Gasteiger partial charge is 0.219 e. The van der Waals surface area contributed by atoms with Crippen LogP contribution in [0.1, 0.15) is 29.3 Å². The molecule has 2 N–H and O–H groups in total. The molecule has 1 aromatic heterocycles. The molecule has 0 radical (unpaired) electrons. The molecular weight excluding hydrogens is 567 g/mol. The molecule has 2 fully saturated rings. The lowest BCUT2D eigenvalue weighted by molar-refractivity contribution is -0.129. The van der Waals surface area contributed by atoms with Crippen LogP contribution in [-0.4, -0.2) is 115 Å². The van der Waals surface area contributed by atoms with Crippen molar-refractivity contribution in [2.75, 3.05) is 83.4 Å². The second-order valence-corrected chi connectivity index (χ2v) is 12.8. The number of amides is 1. The molecule has 0 aliphatic carbocycles. The summed E-state index contributed by atoms with van der Waals surface area (Å²) in [5.74, 6) is 0.0874. The second-order valence-electron chi connectivity index (χ2n) is 12.8. The number of anilines is 1. The van der Waals surface area contributed by atoms with Crippen molar-refractivity contribution >= 4 is 11.6 Å².